The number of carbonyl (C=O) groups excluding carboxylic acids is 1. The van der Waals surface area contributed by atoms with E-state index in [1.165, 1.54) is 0 Å². The Morgan fingerprint density at radius 1 is 1.33 bits per heavy atom. The van der Waals surface area contributed by atoms with E-state index < -0.39 is 0 Å². The predicted octanol–water partition coefficient (Wildman–Crippen LogP) is 2.66. The summed E-state index contributed by atoms with van der Waals surface area (Å²) in [5, 5.41) is 3.93. The molecule has 0 spiro atoms. The molecular weight excluding hydrogens is 304 g/mol. The van der Waals surface area contributed by atoms with E-state index in [0.29, 0.717) is 6.42 Å². The van der Waals surface area contributed by atoms with Crippen molar-refractivity contribution >= 4 is 16.9 Å². The van der Waals surface area contributed by atoms with Gasteiger partial charge < -0.3 is 14.0 Å². The van der Waals surface area contributed by atoms with Gasteiger partial charge in [-0.1, -0.05) is 17.3 Å². The van der Waals surface area contributed by atoms with E-state index >= 15 is 0 Å². The molecule has 24 heavy (non-hydrogen) atoms. The number of aromatic nitrogens is 3. The maximum absolute atomic E-state index is 12.6. The van der Waals surface area contributed by atoms with Gasteiger partial charge in [-0.25, -0.2) is 4.98 Å². The van der Waals surface area contributed by atoms with Crippen molar-refractivity contribution in [2.24, 2.45) is 0 Å². The van der Waals surface area contributed by atoms with Gasteiger partial charge in [-0.05, 0) is 32.4 Å². The highest BCUT2D eigenvalue weighted by Gasteiger charge is 2.29. The third-order valence-corrected chi connectivity index (χ3v) is 4.90. The first-order chi connectivity index (χ1) is 11.6. The Bertz CT molecular complexity index is 876. The van der Waals surface area contributed by atoms with Crippen LogP contribution in [0, 0.1) is 13.8 Å². The minimum atomic E-state index is 0.135. The molecule has 0 aliphatic carbocycles. The van der Waals surface area contributed by atoms with Crippen LogP contribution in [0.15, 0.2) is 35.1 Å². The van der Waals surface area contributed by atoms with E-state index in [0.717, 1.165) is 47.6 Å². The van der Waals surface area contributed by atoms with Crippen molar-refractivity contribution in [1.82, 2.24) is 19.6 Å². The Hall–Kier alpha value is -2.63. The minimum Gasteiger partial charge on any atom is -0.361 e. The minimum absolute atomic E-state index is 0.135. The van der Waals surface area contributed by atoms with Crippen LogP contribution in [0.5, 0.6) is 0 Å². The highest BCUT2D eigenvalue weighted by Crippen LogP contribution is 2.26. The summed E-state index contributed by atoms with van der Waals surface area (Å²) >= 11 is 0. The maximum Gasteiger partial charge on any atom is 0.227 e. The van der Waals surface area contributed by atoms with Crippen LogP contribution < -0.4 is 0 Å². The lowest BCUT2D eigenvalue weighted by Crippen LogP contribution is -2.30. The lowest BCUT2D eigenvalue weighted by atomic mass is 10.1. The number of fused-ring (bicyclic) bond motifs is 1. The molecular formula is C18H20N4O2. The van der Waals surface area contributed by atoms with Crippen molar-refractivity contribution in [3.63, 3.8) is 0 Å². The monoisotopic (exact) mass is 324 g/mol. The Balaban J connectivity index is 1.49. The number of likely N-dealkylation sites (tertiary alicyclic amines) is 1. The first kappa shape index (κ1) is 14.9. The van der Waals surface area contributed by atoms with Gasteiger partial charge in [-0.2, -0.15) is 0 Å². The maximum atomic E-state index is 12.6. The molecule has 0 unspecified atom stereocenters. The number of nitrogens with zero attached hydrogens (tertiary/aromatic N) is 4. The molecule has 124 valence electrons. The SMILES string of the molecule is Cc1noc(C)c1CC(=O)N1CC[C@H](n2cnc3ccccc32)C1. The van der Waals surface area contributed by atoms with E-state index in [1.54, 1.807) is 0 Å². The van der Waals surface area contributed by atoms with Crippen molar-refractivity contribution in [3.8, 4) is 0 Å². The van der Waals surface area contributed by atoms with Gasteiger partial charge in [0.2, 0.25) is 5.91 Å². The Morgan fingerprint density at radius 2 is 2.17 bits per heavy atom. The molecule has 1 saturated heterocycles. The normalized spacial score (nSPS) is 17.8. The number of rotatable bonds is 3. The zero-order valence-electron chi connectivity index (χ0n) is 13.9. The van der Waals surface area contributed by atoms with Gasteiger partial charge in [0.25, 0.3) is 0 Å². The van der Waals surface area contributed by atoms with Crippen molar-refractivity contribution in [2.75, 3.05) is 13.1 Å². The number of carbonyl (C=O) groups is 1. The van der Waals surface area contributed by atoms with E-state index in [4.69, 9.17) is 4.52 Å². The summed E-state index contributed by atoms with van der Waals surface area (Å²) in [6, 6.07) is 8.40. The molecule has 4 rings (SSSR count). The lowest BCUT2D eigenvalue weighted by Gasteiger charge is -2.17. The molecule has 0 radical (unpaired) electrons. The molecule has 1 amide bonds. The molecule has 3 aromatic rings. The van der Waals surface area contributed by atoms with E-state index in [9.17, 15) is 4.79 Å². The van der Waals surface area contributed by atoms with Crippen molar-refractivity contribution in [3.05, 3.63) is 47.6 Å². The molecule has 1 aliphatic rings. The smallest absolute Gasteiger partial charge is 0.227 e. The second-order valence-corrected chi connectivity index (χ2v) is 6.40. The highest BCUT2D eigenvalue weighted by atomic mass is 16.5. The summed E-state index contributed by atoms with van der Waals surface area (Å²) in [6.07, 6.45) is 3.20. The molecule has 0 N–H and O–H groups in total. The Morgan fingerprint density at radius 3 is 2.96 bits per heavy atom. The molecule has 6 nitrogen and oxygen atoms in total. The lowest BCUT2D eigenvalue weighted by molar-refractivity contribution is -0.129. The molecule has 1 aromatic carbocycles. The summed E-state index contributed by atoms with van der Waals surface area (Å²) in [6.45, 7) is 5.23. The van der Waals surface area contributed by atoms with Crippen molar-refractivity contribution < 1.29 is 9.32 Å². The zero-order valence-corrected chi connectivity index (χ0v) is 13.9. The summed E-state index contributed by atoms with van der Waals surface area (Å²) in [5.41, 5.74) is 3.84. The van der Waals surface area contributed by atoms with Crippen LogP contribution >= 0.6 is 0 Å². The van der Waals surface area contributed by atoms with Crippen LogP contribution in [-0.4, -0.2) is 38.6 Å². The number of aryl methyl sites for hydroxylation is 2. The highest BCUT2D eigenvalue weighted by molar-refractivity contribution is 5.80. The summed E-state index contributed by atoms with van der Waals surface area (Å²) in [7, 11) is 0. The fraction of sp³-hybridized carbons (Fsp3) is 0.389. The van der Waals surface area contributed by atoms with E-state index in [1.807, 2.05) is 43.3 Å². The number of hydrogen-bond donors (Lipinski definition) is 0. The molecule has 0 bridgehead atoms. The van der Waals surface area contributed by atoms with Gasteiger partial charge in [0.15, 0.2) is 0 Å². The Kier molecular flexibility index (Phi) is 3.59. The van der Waals surface area contributed by atoms with Gasteiger partial charge in [-0.15, -0.1) is 0 Å². The number of para-hydroxylation sites is 2. The summed E-state index contributed by atoms with van der Waals surface area (Å²) in [5.74, 6) is 0.869. The second-order valence-electron chi connectivity index (χ2n) is 6.40. The van der Waals surface area contributed by atoms with Crippen molar-refractivity contribution in [1.29, 1.82) is 0 Å². The molecule has 1 atom stereocenters. The number of amides is 1. The fourth-order valence-electron chi connectivity index (χ4n) is 3.48. The first-order valence-corrected chi connectivity index (χ1v) is 8.24. The van der Waals surface area contributed by atoms with Gasteiger partial charge in [0.1, 0.15) is 5.76 Å². The third kappa shape index (κ3) is 2.48. The predicted molar refractivity (Wildman–Crippen MR) is 89.6 cm³/mol. The molecule has 3 heterocycles. The number of imidazole rings is 1. The second kappa shape index (κ2) is 5.78. The van der Waals surface area contributed by atoms with Crippen LogP contribution in [0.3, 0.4) is 0 Å². The average molecular weight is 324 g/mol. The van der Waals surface area contributed by atoms with Crippen molar-refractivity contribution in [2.45, 2.75) is 32.7 Å². The largest absolute Gasteiger partial charge is 0.361 e. The quantitative estimate of drug-likeness (QED) is 0.743. The van der Waals surface area contributed by atoms with Crippen LogP contribution in [-0.2, 0) is 11.2 Å². The molecule has 0 saturated carbocycles. The molecule has 1 fully saturated rings. The van der Waals surface area contributed by atoms with Crippen LogP contribution in [0.4, 0.5) is 0 Å². The third-order valence-electron chi connectivity index (χ3n) is 4.90. The summed E-state index contributed by atoms with van der Waals surface area (Å²) in [4.78, 5) is 19.0. The molecule has 6 heteroatoms. The molecule has 2 aromatic heterocycles. The van der Waals surface area contributed by atoms with E-state index in [-0.39, 0.29) is 11.9 Å². The average Bonchev–Trinajstić information content (AvgIpc) is 3.29. The standard InChI is InChI=1S/C18H20N4O2/c1-12-15(13(2)24-20-12)9-18(23)21-8-7-14(10-21)22-11-19-16-5-3-4-6-17(16)22/h3-6,11,14H,7-10H2,1-2H3/t14-/m0/s1. The number of benzene rings is 1. The van der Waals surface area contributed by atoms with E-state index in [2.05, 4.69) is 20.8 Å². The van der Waals surface area contributed by atoms with Gasteiger partial charge >= 0.3 is 0 Å². The van der Waals surface area contributed by atoms with Gasteiger partial charge in [-0.3, -0.25) is 4.79 Å². The van der Waals surface area contributed by atoms with Crippen LogP contribution in [0.1, 0.15) is 29.5 Å². The van der Waals surface area contributed by atoms with Gasteiger partial charge in [0, 0.05) is 18.7 Å². The Labute approximate surface area is 140 Å². The van der Waals surface area contributed by atoms with Crippen LogP contribution in [0.25, 0.3) is 11.0 Å². The first-order valence-electron chi connectivity index (χ1n) is 8.24. The van der Waals surface area contributed by atoms with Gasteiger partial charge in [0.05, 0.1) is 35.5 Å². The van der Waals surface area contributed by atoms with Crippen LogP contribution in [0.2, 0.25) is 0 Å². The zero-order chi connectivity index (χ0) is 16.7. The number of hydrogen-bond acceptors (Lipinski definition) is 4. The fourth-order valence-corrected chi connectivity index (χ4v) is 3.48. The molecule has 1 aliphatic heterocycles. The topological polar surface area (TPSA) is 64.2 Å². The summed E-state index contributed by atoms with van der Waals surface area (Å²) < 4.78 is 7.35.